The number of hydrogen-bond donors (Lipinski definition) is 2. The molecule has 0 saturated heterocycles. The third-order valence-electron chi connectivity index (χ3n) is 3.73. The molecule has 0 aromatic heterocycles. The molecule has 2 unspecified atom stereocenters. The van der Waals surface area contributed by atoms with Crippen LogP contribution in [-0.4, -0.2) is 22.5 Å². The highest BCUT2D eigenvalue weighted by atomic mass is 16.4. The first-order valence-electron chi connectivity index (χ1n) is 6.72. The van der Waals surface area contributed by atoms with E-state index in [0.717, 1.165) is 19.3 Å². The largest absolute Gasteiger partial charge is 0.479 e. The fraction of sp³-hybridized carbons (Fsp3) is 0.857. The minimum atomic E-state index is -1.05. The van der Waals surface area contributed by atoms with Gasteiger partial charge in [0.1, 0.15) is 5.54 Å². The van der Waals surface area contributed by atoms with Gasteiger partial charge in [-0.15, -0.1) is 0 Å². The first-order valence-corrected chi connectivity index (χ1v) is 6.72. The van der Waals surface area contributed by atoms with Gasteiger partial charge in [0.2, 0.25) is 5.91 Å². The third-order valence-corrected chi connectivity index (χ3v) is 3.73. The molecule has 1 aliphatic rings. The molecule has 4 nitrogen and oxygen atoms in total. The van der Waals surface area contributed by atoms with Gasteiger partial charge in [-0.2, -0.15) is 0 Å². The highest BCUT2D eigenvalue weighted by molar-refractivity contribution is 5.87. The Kier molecular flexibility index (Phi) is 4.41. The number of hydrogen-bond acceptors (Lipinski definition) is 2. The van der Waals surface area contributed by atoms with Crippen LogP contribution in [0.2, 0.25) is 0 Å². The number of aliphatic carboxylic acids is 1. The van der Waals surface area contributed by atoms with Gasteiger partial charge in [-0.1, -0.05) is 40.5 Å². The van der Waals surface area contributed by atoms with E-state index in [0.29, 0.717) is 12.8 Å². The number of nitrogens with one attached hydrogen (secondary N) is 1. The molecule has 2 atom stereocenters. The van der Waals surface area contributed by atoms with Gasteiger partial charge in [-0.05, 0) is 24.2 Å². The summed E-state index contributed by atoms with van der Waals surface area (Å²) < 4.78 is 0. The van der Waals surface area contributed by atoms with E-state index in [4.69, 9.17) is 0 Å². The molecule has 0 bridgehead atoms. The molecule has 1 rings (SSSR count). The maximum Gasteiger partial charge on any atom is 0.329 e. The number of carboxylic acid groups (broad SMARTS) is 1. The fourth-order valence-corrected chi connectivity index (χ4v) is 2.68. The SMILES string of the molecule is CC1CCCCC1(NC(=O)CC(C)(C)C)C(=O)O. The van der Waals surface area contributed by atoms with Crippen LogP contribution in [0.3, 0.4) is 0 Å². The lowest BCUT2D eigenvalue weighted by Gasteiger charge is -2.40. The van der Waals surface area contributed by atoms with E-state index in [1.54, 1.807) is 0 Å². The predicted octanol–water partition coefficient (Wildman–Crippen LogP) is 2.57. The molecule has 18 heavy (non-hydrogen) atoms. The average molecular weight is 255 g/mol. The summed E-state index contributed by atoms with van der Waals surface area (Å²) in [6.07, 6.45) is 3.67. The Labute approximate surface area is 109 Å². The van der Waals surface area contributed by atoms with Crippen LogP contribution < -0.4 is 5.32 Å². The van der Waals surface area contributed by atoms with Crippen molar-refractivity contribution in [1.82, 2.24) is 5.32 Å². The Bertz CT molecular complexity index is 332. The average Bonchev–Trinajstić information content (AvgIpc) is 2.18. The van der Waals surface area contributed by atoms with Crippen molar-refractivity contribution in [1.29, 1.82) is 0 Å². The molecule has 1 fully saturated rings. The Balaban J connectivity index is 2.80. The lowest BCUT2D eigenvalue weighted by atomic mass is 9.73. The zero-order chi connectivity index (χ0) is 14.0. The summed E-state index contributed by atoms with van der Waals surface area (Å²) in [4.78, 5) is 23.6. The fourth-order valence-electron chi connectivity index (χ4n) is 2.68. The minimum Gasteiger partial charge on any atom is -0.479 e. The molecule has 0 spiro atoms. The molecule has 4 heteroatoms. The molecule has 1 aliphatic carbocycles. The molecule has 0 heterocycles. The normalized spacial score (nSPS) is 28.8. The zero-order valence-electron chi connectivity index (χ0n) is 11.9. The van der Waals surface area contributed by atoms with Crippen molar-refractivity contribution >= 4 is 11.9 Å². The molecule has 0 aromatic carbocycles. The van der Waals surface area contributed by atoms with Crippen LogP contribution in [-0.2, 0) is 9.59 Å². The summed E-state index contributed by atoms with van der Waals surface area (Å²) in [7, 11) is 0. The Morgan fingerprint density at radius 2 is 1.94 bits per heavy atom. The maximum atomic E-state index is 12.0. The molecule has 0 aromatic rings. The summed E-state index contributed by atoms with van der Waals surface area (Å²) in [5.74, 6) is -1.05. The molecule has 1 saturated carbocycles. The predicted molar refractivity (Wildman–Crippen MR) is 70.2 cm³/mol. The first-order chi connectivity index (χ1) is 8.17. The minimum absolute atomic E-state index is 0.00679. The molecule has 0 radical (unpaired) electrons. The summed E-state index contributed by atoms with van der Waals surface area (Å²) >= 11 is 0. The smallest absolute Gasteiger partial charge is 0.329 e. The summed E-state index contributed by atoms with van der Waals surface area (Å²) in [6, 6.07) is 0. The Hall–Kier alpha value is -1.06. The number of rotatable bonds is 3. The number of carbonyl (C=O) groups excluding carboxylic acids is 1. The number of carboxylic acids is 1. The van der Waals surface area contributed by atoms with Crippen molar-refractivity contribution < 1.29 is 14.7 Å². The van der Waals surface area contributed by atoms with Gasteiger partial charge in [0.05, 0.1) is 0 Å². The van der Waals surface area contributed by atoms with Gasteiger partial charge >= 0.3 is 5.97 Å². The number of amides is 1. The van der Waals surface area contributed by atoms with E-state index >= 15 is 0 Å². The molecular formula is C14H25NO3. The number of carbonyl (C=O) groups is 2. The van der Waals surface area contributed by atoms with Crippen molar-refractivity contribution in [3.63, 3.8) is 0 Å². The van der Waals surface area contributed by atoms with Gasteiger partial charge in [0, 0.05) is 6.42 Å². The van der Waals surface area contributed by atoms with Gasteiger partial charge < -0.3 is 10.4 Å². The Morgan fingerprint density at radius 3 is 2.39 bits per heavy atom. The monoisotopic (exact) mass is 255 g/mol. The zero-order valence-corrected chi connectivity index (χ0v) is 11.9. The standard InChI is InChI=1S/C14H25NO3/c1-10-7-5-6-8-14(10,12(17)18)15-11(16)9-13(2,3)4/h10H,5-9H2,1-4H3,(H,15,16)(H,17,18). The van der Waals surface area contributed by atoms with Crippen LogP contribution in [0.25, 0.3) is 0 Å². The van der Waals surface area contributed by atoms with Crippen molar-refractivity contribution in [3.8, 4) is 0 Å². The van der Waals surface area contributed by atoms with E-state index in [1.807, 2.05) is 27.7 Å². The van der Waals surface area contributed by atoms with E-state index in [1.165, 1.54) is 0 Å². The maximum absolute atomic E-state index is 12.0. The summed E-state index contributed by atoms with van der Waals surface area (Å²) in [5, 5.41) is 12.3. The van der Waals surface area contributed by atoms with Crippen LogP contribution in [0.5, 0.6) is 0 Å². The van der Waals surface area contributed by atoms with Crippen molar-refractivity contribution in [2.45, 2.75) is 65.3 Å². The molecule has 1 amide bonds. The Morgan fingerprint density at radius 1 is 1.33 bits per heavy atom. The topological polar surface area (TPSA) is 66.4 Å². The third kappa shape index (κ3) is 3.47. The second kappa shape index (κ2) is 5.29. The molecular weight excluding hydrogens is 230 g/mol. The van der Waals surface area contributed by atoms with Gasteiger partial charge in [-0.3, -0.25) is 4.79 Å². The molecule has 104 valence electrons. The van der Waals surface area contributed by atoms with Crippen LogP contribution in [0.15, 0.2) is 0 Å². The van der Waals surface area contributed by atoms with Crippen LogP contribution >= 0.6 is 0 Å². The highest BCUT2D eigenvalue weighted by Crippen LogP contribution is 2.34. The van der Waals surface area contributed by atoms with E-state index in [9.17, 15) is 14.7 Å². The highest BCUT2D eigenvalue weighted by Gasteiger charge is 2.46. The van der Waals surface area contributed by atoms with Crippen LogP contribution in [0.4, 0.5) is 0 Å². The van der Waals surface area contributed by atoms with Crippen molar-refractivity contribution in [2.24, 2.45) is 11.3 Å². The molecule has 2 N–H and O–H groups in total. The van der Waals surface area contributed by atoms with E-state index < -0.39 is 11.5 Å². The second-order valence-electron chi connectivity index (χ2n) is 6.71. The van der Waals surface area contributed by atoms with Gasteiger partial charge in [0.15, 0.2) is 0 Å². The first kappa shape index (κ1) is 15.0. The quantitative estimate of drug-likeness (QED) is 0.814. The van der Waals surface area contributed by atoms with Crippen molar-refractivity contribution in [3.05, 3.63) is 0 Å². The van der Waals surface area contributed by atoms with Gasteiger partial charge in [-0.25, -0.2) is 4.79 Å². The van der Waals surface area contributed by atoms with E-state index in [2.05, 4.69) is 5.32 Å². The van der Waals surface area contributed by atoms with E-state index in [-0.39, 0.29) is 17.2 Å². The van der Waals surface area contributed by atoms with Crippen LogP contribution in [0, 0.1) is 11.3 Å². The lowest BCUT2D eigenvalue weighted by molar-refractivity contribution is -0.152. The lowest BCUT2D eigenvalue weighted by Crippen LogP contribution is -2.60. The summed E-state index contributed by atoms with van der Waals surface area (Å²) in [5.41, 5.74) is -1.18. The second-order valence-corrected chi connectivity index (χ2v) is 6.71. The summed E-state index contributed by atoms with van der Waals surface area (Å²) in [6.45, 7) is 7.85. The van der Waals surface area contributed by atoms with Crippen molar-refractivity contribution in [2.75, 3.05) is 0 Å². The molecule has 0 aliphatic heterocycles. The van der Waals surface area contributed by atoms with Gasteiger partial charge in [0.25, 0.3) is 0 Å². The van der Waals surface area contributed by atoms with Crippen LogP contribution in [0.1, 0.15) is 59.8 Å².